The van der Waals surface area contributed by atoms with Gasteiger partial charge in [0.1, 0.15) is 5.01 Å². The molecule has 0 spiro atoms. The van der Waals surface area contributed by atoms with Gasteiger partial charge in [0.25, 0.3) is 0 Å². The average molecular weight is 372 g/mol. The van der Waals surface area contributed by atoms with Gasteiger partial charge in [-0.05, 0) is 23.8 Å². The highest BCUT2D eigenvalue weighted by molar-refractivity contribution is 7.17. The Hall–Kier alpha value is -3.00. The molecule has 4 rings (SSSR count). The van der Waals surface area contributed by atoms with Crippen LogP contribution in [0.15, 0.2) is 54.6 Å². The molecule has 0 aliphatic carbocycles. The molecule has 26 heavy (non-hydrogen) atoms. The average Bonchev–Trinajstić information content (AvgIpc) is 3.20. The monoisotopic (exact) mass is 372 g/mol. The highest BCUT2D eigenvalue weighted by atomic mass is 32.1. The third kappa shape index (κ3) is 3.23. The largest absolute Gasteiger partial charge is 0.416 e. The van der Waals surface area contributed by atoms with E-state index >= 15 is 0 Å². The first kappa shape index (κ1) is 16.5. The molecule has 130 valence electrons. The number of aromatic nitrogens is 4. The number of fused-ring (bicyclic) bond motifs is 1. The third-order valence-electron chi connectivity index (χ3n) is 3.69. The highest BCUT2D eigenvalue weighted by Gasteiger charge is 2.30. The van der Waals surface area contributed by atoms with Crippen LogP contribution in [0.1, 0.15) is 16.1 Å². The van der Waals surface area contributed by atoms with Crippen LogP contribution in [-0.4, -0.2) is 19.8 Å². The van der Waals surface area contributed by atoms with Crippen LogP contribution in [0.4, 0.5) is 13.2 Å². The van der Waals surface area contributed by atoms with Gasteiger partial charge in [0.2, 0.25) is 4.96 Å². The molecule has 0 unspecified atom stereocenters. The molecular weight excluding hydrogens is 361 g/mol. The first-order chi connectivity index (χ1) is 12.5. The van der Waals surface area contributed by atoms with Crippen molar-refractivity contribution < 1.29 is 13.2 Å². The Bertz CT molecular complexity index is 1060. The maximum absolute atomic E-state index is 12.7. The maximum Gasteiger partial charge on any atom is 0.416 e. The van der Waals surface area contributed by atoms with Gasteiger partial charge in [-0.15, -0.1) is 10.2 Å². The van der Waals surface area contributed by atoms with Crippen LogP contribution >= 0.6 is 11.3 Å². The molecular formula is C18H11F3N4S. The Morgan fingerprint density at radius 2 is 1.62 bits per heavy atom. The number of hydrogen-bond acceptors (Lipinski definition) is 4. The number of hydrogen-bond donors (Lipinski definition) is 0. The van der Waals surface area contributed by atoms with E-state index in [2.05, 4.69) is 15.3 Å². The van der Waals surface area contributed by atoms with Gasteiger partial charge in [-0.25, -0.2) is 0 Å². The molecule has 0 fully saturated rings. The van der Waals surface area contributed by atoms with E-state index in [9.17, 15) is 13.2 Å². The van der Waals surface area contributed by atoms with Crippen molar-refractivity contribution >= 4 is 28.4 Å². The Kier molecular flexibility index (Phi) is 4.04. The van der Waals surface area contributed by atoms with Crippen LogP contribution in [0, 0.1) is 0 Å². The molecule has 4 nitrogen and oxygen atoms in total. The van der Waals surface area contributed by atoms with Crippen LogP contribution < -0.4 is 0 Å². The molecule has 0 saturated heterocycles. The van der Waals surface area contributed by atoms with Gasteiger partial charge in [-0.3, -0.25) is 0 Å². The lowest BCUT2D eigenvalue weighted by Crippen LogP contribution is -2.04. The van der Waals surface area contributed by atoms with Crippen LogP contribution in [-0.2, 0) is 6.18 Å². The number of benzene rings is 2. The van der Waals surface area contributed by atoms with Crippen LogP contribution in [0.5, 0.6) is 0 Å². The summed E-state index contributed by atoms with van der Waals surface area (Å²) in [7, 11) is 0. The van der Waals surface area contributed by atoms with Crippen molar-refractivity contribution in [2.75, 3.05) is 0 Å². The fourth-order valence-electron chi connectivity index (χ4n) is 2.42. The quantitative estimate of drug-likeness (QED) is 0.506. The normalized spacial score (nSPS) is 12.3. The predicted octanol–water partition coefficient (Wildman–Crippen LogP) is 5.04. The summed E-state index contributed by atoms with van der Waals surface area (Å²) in [5.74, 6) is 0.407. The second kappa shape index (κ2) is 6.38. The summed E-state index contributed by atoms with van der Waals surface area (Å²) >= 11 is 1.35. The Balaban J connectivity index is 1.65. The minimum Gasteiger partial charge on any atom is -0.182 e. The van der Waals surface area contributed by atoms with Crippen molar-refractivity contribution in [3.05, 3.63) is 70.7 Å². The van der Waals surface area contributed by atoms with E-state index in [0.29, 0.717) is 16.3 Å². The zero-order valence-electron chi connectivity index (χ0n) is 13.2. The van der Waals surface area contributed by atoms with E-state index in [1.54, 1.807) is 0 Å². The van der Waals surface area contributed by atoms with E-state index in [1.165, 1.54) is 28.0 Å². The number of alkyl halides is 3. The fraction of sp³-hybridized carbons (Fsp3) is 0.0556. The summed E-state index contributed by atoms with van der Waals surface area (Å²) in [6.45, 7) is 0. The SMILES string of the molecule is FC(F)(F)c1ccc(-c2nnc3sc(/C=C\c4ccccc4)nn23)cc1. The van der Waals surface area contributed by atoms with Crippen molar-refractivity contribution in [2.24, 2.45) is 0 Å². The molecule has 2 aromatic heterocycles. The van der Waals surface area contributed by atoms with Crippen molar-refractivity contribution in [3.8, 4) is 11.4 Å². The lowest BCUT2D eigenvalue weighted by molar-refractivity contribution is -0.137. The predicted molar refractivity (Wildman–Crippen MR) is 94.5 cm³/mol. The smallest absolute Gasteiger partial charge is 0.182 e. The summed E-state index contributed by atoms with van der Waals surface area (Å²) in [6, 6.07) is 14.6. The molecule has 2 aromatic carbocycles. The van der Waals surface area contributed by atoms with Crippen LogP contribution in [0.2, 0.25) is 0 Å². The molecule has 0 saturated carbocycles. The summed E-state index contributed by atoms with van der Waals surface area (Å²) in [4.78, 5) is 0.576. The van der Waals surface area contributed by atoms with Crippen molar-refractivity contribution in [2.45, 2.75) is 6.18 Å². The fourth-order valence-corrected chi connectivity index (χ4v) is 3.16. The summed E-state index contributed by atoms with van der Waals surface area (Å²) in [5, 5.41) is 13.3. The van der Waals surface area contributed by atoms with Crippen molar-refractivity contribution in [1.82, 2.24) is 19.8 Å². The number of halogens is 3. The van der Waals surface area contributed by atoms with E-state index < -0.39 is 11.7 Å². The number of rotatable bonds is 3. The third-order valence-corrected chi connectivity index (χ3v) is 4.56. The minimum absolute atomic E-state index is 0.407. The molecule has 0 amide bonds. The van der Waals surface area contributed by atoms with Gasteiger partial charge in [0.15, 0.2) is 5.82 Å². The van der Waals surface area contributed by atoms with E-state index in [4.69, 9.17) is 0 Å². The van der Waals surface area contributed by atoms with E-state index in [0.717, 1.165) is 22.7 Å². The van der Waals surface area contributed by atoms with Crippen LogP contribution in [0.3, 0.4) is 0 Å². The van der Waals surface area contributed by atoms with Gasteiger partial charge in [0.05, 0.1) is 5.56 Å². The van der Waals surface area contributed by atoms with Crippen LogP contribution in [0.25, 0.3) is 28.5 Å². The maximum atomic E-state index is 12.7. The Morgan fingerprint density at radius 3 is 2.31 bits per heavy atom. The zero-order valence-corrected chi connectivity index (χ0v) is 14.0. The van der Waals surface area contributed by atoms with Crippen molar-refractivity contribution in [1.29, 1.82) is 0 Å². The van der Waals surface area contributed by atoms with Gasteiger partial charge in [0, 0.05) is 5.56 Å². The lowest BCUT2D eigenvalue weighted by Gasteiger charge is -2.06. The molecule has 0 aliphatic rings. The molecule has 0 aliphatic heterocycles. The minimum atomic E-state index is -4.37. The van der Waals surface area contributed by atoms with Gasteiger partial charge >= 0.3 is 6.18 Å². The standard InChI is InChI=1S/C18H11F3N4S/c19-18(20,21)14-9-7-13(8-10-14)16-22-23-17-25(16)24-15(26-17)11-6-12-4-2-1-3-5-12/h1-11H/b11-6-. The van der Waals surface area contributed by atoms with Gasteiger partial charge in [-0.1, -0.05) is 59.9 Å². The molecule has 4 aromatic rings. The molecule has 0 bridgehead atoms. The highest BCUT2D eigenvalue weighted by Crippen LogP contribution is 2.31. The van der Waals surface area contributed by atoms with E-state index in [1.807, 2.05) is 42.5 Å². The van der Waals surface area contributed by atoms with E-state index in [-0.39, 0.29) is 0 Å². The number of nitrogens with zero attached hydrogens (tertiary/aromatic N) is 4. The molecule has 0 atom stereocenters. The molecule has 0 radical (unpaired) electrons. The first-order valence-corrected chi connectivity index (χ1v) is 8.45. The Morgan fingerprint density at radius 1 is 0.885 bits per heavy atom. The topological polar surface area (TPSA) is 43.1 Å². The first-order valence-electron chi connectivity index (χ1n) is 7.64. The zero-order chi connectivity index (χ0) is 18.1. The lowest BCUT2D eigenvalue weighted by atomic mass is 10.1. The van der Waals surface area contributed by atoms with Crippen molar-refractivity contribution in [3.63, 3.8) is 0 Å². The van der Waals surface area contributed by atoms with Gasteiger partial charge in [-0.2, -0.15) is 22.8 Å². The summed E-state index contributed by atoms with van der Waals surface area (Å²) in [6.07, 6.45) is -0.566. The molecule has 0 N–H and O–H groups in total. The molecule has 2 heterocycles. The Labute approximate surface area is 150 Å². The summed E-state index contributed by atoms with van der Waals surface area (Å²) in [5.41, 5.74) is 0.864. The second-order valence-electron chi connectivity index (χ2n) is 5.48. The summed E-state index contributed by atoms with van der Waals surface area (Å²) < 4.78 is 39.6. The van der Waals surface area contributed by atoms with Gasteiger partial charge < -0.3 is 0 Å². The molecule has 8 heteroatoms. The second-order valence-corrected chi connectivity index (χ2v) is 6.46.